The lowest BCUT2D eigenvalue weighted by molar-refractivity contribution is -0.151. The zero-order chi connectivity index (χ0) is 19.2. The maximum Gasteiger partial charge on any atom is 0.326 e. The van der Waals surface area contributed by atoms with Gasteiger partial charge in [0, 0.05) is 6.54 Å². The summed E-state index contributed by atoms with van der Waals surface area (Å²) in [5.74, 6) is -1.72. The van der Waals surface area contributed by atoms with Gasteiger partial charge in [0.1, 0.15) is 12.1 Å². The van der Waals surface area contributed by atoms with Gasteiger partial charge in [0.2, 0.25) is 0 Å². The molecule has 4 amide bonds. The van der Waals surface area contributed by atoms with Crippen LogP contribution in [0.1, 0.15) is 32.3 Å². The van der Waals surface area contributed by atoms with Crippen LogP contribution in [0.2, 0.25) is 0 Å². The molecule has 2 rings (SSSR count). The molecule has 1 aliphatic rings. The summed E-state index contributed by atoms with van der Waals surface area (Å²) < 4.78 is 4.86. The molecule has 0 aliphatic carbocycles. The van der Waals surface area contributed by atoms with E-state index >= 15 is 0 Å². The van der Waals surface area contributed by atoms with Crippen LogP contribution in [0.4, 0.5) is 4.79 Å². The molecule has 1 aliphatic heterocycles. The Balaban J connectivity index is 1.79. The number of imide groups is 1. The number of nitrogens with zero attached hydrogens (tertiary/aromatic N) is 1. The van der Waals surface area contributed by atoms with E-state index in [-0.39, 0.29) is 0 Å². The number of benzene rings is 1. The third kappa shape index (κ3) is 4.38. The first-order valence-corrected chi connectivity index (χ1v) is 8.52. The number of hydrogen-bond acceptors (Lipinski definition) is 5. The number of ether oxygens (including phenoxy) is 1. The largest absolute Gasteiger partial charge is 0.454 e. The third-order valence-electron chi connectivity index (χ3n) is 4.44. The van der Waals surface area contributed by atoms with Crippen LogP contribution in [0, 0.1) is 0 Å². The molecule has 8 heteroatoms. The van der Waals surface area contributed by atoms with Gasteiger partial charge in [-0.25, -0.2) is 4.79 Å². The van der Waals surface area contributed by atoms with Crippen molar-refractivity contribution in [1.82, 2.24) is 15.5 Å². The second-order valence-electron chi connectivity index (χ2n) is 6.03. The molecule has 0 atom stereocenters. The summed E-state index contributed by atoms with van der Waals surface area (Å²) in [7, 11) is 0. The lowest BCUT2D eigenvalue weighted by atomic mass is 9.93. The second kappa shape index (κ2) is 8.46. The molecule has 0 saturated carbocycles. The number of carbonyl (C=O) groups excluding carboxylic acids is 4. The van der Waals surface area contributed by atoms with Crippen LogP contribution in [0.25, 0.3) is 0 Å². The first-order chi connectivity index (χ1) is 12.4. The fourth-order valence-electron chi connectivity index (χ4n) is 2.72. The highest BCUT2D eigenvalue weighted by molar-refractivity contribution is 6.08. The van der Waals surface area contributed by atoms with E-state index < -0.39 is 42.5 Å². The molecule has 0 spiro atoms. The van der Waals surface area contributed by atoms with Gasteiger partial charge in [-0.05, 0) is 18.4 Å². The number of esters is 1. The monoisotopic (exact) mass is 361 g/mol. The minimum atomic E-state index is -0.968. The molecular weight excluding hydrogens is 338 g/mol. The lowest BCUT2D eigenvalue weighted by Crippen LogP contribution is -2.46. The summed E-state index contributed by atoms with van der Waals surface area (Å²) in [5.41, 5.74) is -0.0493. The Hall–Kier alpha value is -2.90. The molecule has 8 nitrogen and oxygen atoms in total. The summed E-state index contributed by atoms with van der Waals surface area (Å²) >= 11 is 0. The summed E-state index contributed by atoms with van der Waals surface area (Å²) in [4.78, 5) is 48.8. The molecule has 1 saturated heterocycles. The molecule has 1 heterocycles. The van der Waals surface area contributed by atoms with Gasteiger partial charge in [-0.2, -0.15) is 0 Å². The molecule has 1 fully saturated rings. The van der Waals surface area contributed by atoms with Crippen molar-refractivity contribution in [2.75, 3.05) is 13.2 Å². The van der Waals surface area contributed by atoms with E-state index in [0.717, 1.165) is 10.5 Å². The van der Waals surface area contributed by atoms with Gasteiger partial charge in [0.05, 0.1) is 0 Å². The Labute approximate surface area is 151 Å². The van der Waals surface area contributed by atoms with E-state index in [2.05, 4.69) is 10.6 Å². The van der Waals surface area contributed by atoms with Crippen molar-refractivity contribution in [3.63, 3.8) is 0 Å². The van der Waals surface area contributed by atoms with Crippen LogP contribution in [-0.2, 0) is 25.7 Å². The smallest absolute Gasteiger partial charge is 0.326 e. The SMILES string of the molecule is CCC1(CC)NC(=O)N(CC(=O)OCC(=O)NCc2ccccc2)C1=O. The van der Waals surface area contributed by atoms with E-state index in [1.165, 1.54) is 0 Å². The van der Waals surface area contributed by atoms with Crippen molar-refractivity contribution in [3.8, 4) is 0 Å². The number of carbonyl (C=O) groups is 4. The number of urea groups is 1. The minimum Gasteiger partial charge on any atom is -0.454 e. The van der Waals surface area contributed by atoms with Crippen molar-refractivity contribution < 1.29 is 23.9 Å². The van der Waals surface area contributed by atoms with Gasteiger partial charge < -0.3 is 15.4 Å². The summed E-state index contributed by atoms with van der Waals surface area (Å²) in [6.07, 6.45) is 0.864. The minimum absolute atomic E-state index is 0.319. The molecule has 0 radical (unpaired) electrons. The van der Waals surface area contributed by atoms with Crippen LogP contribution >= 0.6 is 0 Å². The normalized spacial score (nSPS) is 15.5. The Morgan fingerprint density at radius 3 is 2.38 bits per heavy atom. The van der Waals surface area contributed by atoms with E-state index in [4.69, 9.17) is 4.74 Å². The maximum atomic E-state index is 12.4. The average Bonchev–Trinajstić information content (AvgIpc) is 2.90. The van der Waals surface area contributed by atoms with Crippen molar-refractivity contribution in [2.24, 2.45) is 0 Å². The molecule has 0 aromatic heterocycles. The highest BCUT2D eigenvalue weighted by Crippen LogP contribution is 2.24. The van der Waals surface area contributed by atoms with E-state index in [1.54, 1.807) is 13.8 Å². The number of hydrogen-bond donors (Lipinski definition) is 2. The predicted molar refractivity (Wildman–Crippen MR) is 92.8 cm³/mol. The topological polar surface area (TPSA) is 105 Å². The molecule has 1 aromatic rings. The molecule has 0 bridgehead atoms. The number of nitrogens with one attached hydrogen (secondary N) is 2. The Morgan fingerprint density at radius 2 is 1.81 bits per heavy atom. The number of amides is 4. The molecule has 1 aromatic carbocycles. The van der Waals surface area contributed by atoms with Gasteiger partial charge in [0.15, 0.2) is 6.61 Å². The summed E-state index contributed by atoms with van der Waals surface area (Å²) in [5, 5.41) is 5.25. The van der Waals surface area contributed by atoms with Crippen molar-refractivity contribution in [3.05, 3.63) is 35.9 Å². The van der Waals surface area contributed by atoms with Crippen molar-refractivity contribution >= 4 is 23.8 Å². The summed E-state index contributed by atoms with van der Waals surface area (Å²) in [6, 6.07) is 8.67. The van der Waals surface area contributed by atoms with Gasteiger partial charge in [-0.15, -0.1) is 0 Å². The van der Waals surface area contributed by atoms with Crippen LogP contribution in [0.3, 0.4) is 0 Å². The molecule has 2 N–H and O–H groups in total. The highest BCUT2D eigenvalue weighted by Gasteiger charge is 2.49. The quantitative estimate of drug-likeness (QED) is 0.530. The van der Waals surface area contributed by atoms with Crippen molar-refractivity contribution in [1.29, 1.82) is 0 Å². The van der Waals surface area contributed by atoms with E-state index in [0.29, 0.717) is 19.4 Å². The van der Waals surface area contributed by atoms with Crippen molar-refractivity contribution in [2.45, 2.75) is 38.8 Å². The lowest BCUT2D eigenvalue weighted by Gasteiger charge is -2.22. The van der Waals surface area contributed by atoms with Crippen LogP contribution < -0.4 is 10.6 Å². The Morgan fingerprint density at radius 1 is 1.15 bits per heavy atom. The van der Waals surface area contributed by atoms with Gasteiger partial charge >= 0.3 is 12.0 Å². The zero-order valence-corrected chi connectivity index (χ0v) is 14.9. The Kier molecular flexibility index (Phi) is 6.32. The van der Waals surface area contributed by atoms with Crippen LogP contribution in [-0.4, -0.2) is 47.4 Å². The van der Waals surface area contributed by atoms with Crippen LogP contribution in [0.5, 0.6) is 0 Å². The number of rotatable bonds is 8. The van der Waals surface area contributed by atoms with Gasteiger partial charge in [0.25, 0.3) is 11.8 Å². The standard InChI is InChI=1S/C18H23N3O5/c1-3-18(4-2)16(24)21(17(25)20-18)11-15(23)26-12-14(22)19-10-13-8-6-5-7-9-13/h5-9H,3-4,10-12H2,1-2H3,(H,19,22)(H,20,25). The fourth-order valence-corrected chi connectivity index (χ4v) is 2.72. The van der Waals surface area contributed by atoms with E-state index in [1.807, 2.05) is 30.3 Å². The molecule has 0 unspecified atom stereocenters. The fraction of sp³-hybridized carbons (Fsp3) is 0.444. The predicted octanol–water partition coefficient (Wildman–Crippen LogP) is 0.957. The molecule has 140 valence electrons. The average molecular weight is 361 g/mol. The van der Waals surface area contributed by atoms with Crippen LogP contribution in [0.15, 0.2) is 30.3 Å². The van der Waals surface area contributed by atoms with Gasteiger partial charge in [-0.3, -0.25) is 19.3 Å². The third-order valence-corrected chi connectivity index (χ3v) is 4.44. The van der Waals surface area contributed by atoms with Gasteiger partial charge in [-0.1, -0.05) is 44.2 Å². The van der Waals surface area contributed by atoms with E-state index in [9.17, 15) is 19.2 Å². The first-order valence-electron chi connectivity index (χ1n) is 8.52. The zero-order valence-electron chi connectivity index (χ0n) is 14.9. The first kappa shape index (κ1) is 19.4. The molecular formula is C18H23N3O5. The maximum absolute atomic E-state index is 12.4. The molecule has 26 heavy (non-hydrogen) atoms. The second-order valence-corrected chi connectivity index (χ2v) is 6.03. The summed E-state index contributed by atoms with van der Waals surface area (Å²) in [6.45, 7) is 2.92. The highest BCUT2D eigenvalue weighted by atomic mass is 16.5. The Bertz CT molecular complexity index is 685.